The van der Waals surface area contributed by atoms with Gasteiger partial charge < -0.3 is 14.8 Å². The number of benzene rings is 2. The molecule has 2 aromatic rings. The number of esters is 1. The van der Waals surface area contributed by atoms with E-state index in [0.29, 0.717) is 13.0 Å². The Kier molecular flexibility index (Phi) is 3.52. The minimum atomic E-state index is -0.810. The number of cyclic esters (lactones) is 1. The van der Waals surface area contributed by atoms with Gasteiger partial charge in [-0.2, -0.15) is 0 Å². The van der Waals surface area contributed by atoms with E-state index in [1.807, 2.05) is 54.6 Å². The summed E-state index contributed by atoms with van der Waals surface area (Å²) in [6.45, 7) is 0.427. The summed E-state index contributed by atoms with van der Waals surface area (Å²) in [6.07, 6.45) is 0.613. The van der Waals surface area contributed by atoms with Gasteiger partial charge in [0.05, 0.1) is 13.7 Å². The number of hydrogen-bond acceptors (Lipinski definition) is 4. The fourth-order valence-corrected chi connectivity index (χ4v) is 2.61. The average Bonchev–Trinajstić information content (AvgIpc) is 2.91. The van der Waals surface area contributed by atoms with E-state index in [0.717, 1.165) is 17.0 Å². The molecule has 1 aliphatic heterocycles. The van der Waals surface area contributed by atoms with Crippen molar-refractivity contribution in [1.82, 2.24) is 0 Å². The third-order valence-electron chi connectivity index (χ3n) is 3.77. The number of methoxy groups -OCH3 is 1. The van der Waals surface area contributed by atoms with Gasteiger partial charge in [0, 0.05) is 12.1 Å². The van der Waals surface area contributed by atoms with Gasteiger partial charge in [0.2, 0.25) is 0 Å². The van der Waals surface area contributed by atoms with Gasteiger partial charge in [-0.15, -0.1) is 0 Å². The maximum absolute atomic E-state index is 12.3. The third kappa shape index (κ3) is 2.44. The van der Waals surface area contributed by atoms with Crippen molar-refractivity contribution in [3.8, 4) is 5.75 Å². The van der Waals surface area contributed by atoms with Crippen LogP contribution < -0.4 is 10.1 Å². The fourth-order valence-electron chi connectivity index (χ4n) is 2.61. The van der Waals surface area contributed by atoms with Gasteiger partial charge in [0.15, 0.2) is 5.54 Å². The lowest BCUT2D eigenvalue weighted by atomic mass is 9.88. The summed E-state index contributed by atoms with van der Waals surface area (Å²) in [7, 11) is 1.63. The molecule has 21 heavy (non-hydrogen) atoms. The Labute approximate surface area is 123 Å². The maximum atomic E-state index is 12.3. The molecular formula is C17H17NO3. The molecule has 108 valence electrons. The summed E-state index contributed by atoms with van der Waals surface area (Å²) in [5.41, 5.74) is 0.970. The quantitative estimate of drug-likeness (QED) is 0.876. The molecule has 1 saturated heterocycles. The zero-order valence-electron chi connectivity index (χ0n) is 11.8. The van der Waals surface area contributed by atoms with Crippen molar-refractivity contribution in [2.75, 3.05) is 19.0 Å². The van der Waals surface area contributed by atoms with Crippen LogP contribution in [0.4, 0.5) is 5.69 Å². The molecule has 0 aliphatic carbocycles. The Morgan fingerprint density at radius 1 is 1.10 bits per heavy atom. The van der Waals surface area contributed by atoms with E-state index >= 15 is 0 Å². The smallest absolute Gasteiger partial charge is 0.336 e. The second-order valence-electron chi connectivity index (χ2n) is 5.01. The summed E-state index contributed by atoms with van der Waals surface area (Å²) in [6, 6.07) is 17.2. The van der Waals surface area contributed by atoms with Gasteiger partial charge in [-0.25, -0.2) is 4.79 Å². The number of anilines is 1. The summed E-state index contributed by atoms with van der Waals surface area (Å²) < 4.78 is 10.4. The van der Waals surface area contributed by atoms with Crippen LogP contribution in [0.25, 0.3) is 0 Å². The Hall–Kier alpha value is -2.49. The highest BCUT2D eigenvalue weighted by Crippen LogP contribution is 2.35. The van der Waals surface area contributed by atoms with Crippen molar-refractivity contribution >= 4 is 11.7 Å². The number of rotatable bonds is 4. The maximum Gasteiger partial charge on any atom is 0.336 e. The first-order valence-electron chi connectivity index (χ1n) is 6.89. The van der Waals surface area contributed by atoms with Crippen LogP contribution >= 0.6 is 0 Å². The average molecular weight is 283 g/mol. The molecule has 0 radical (unpaired) electrons. The van der Waals surface area contributed by atoms with Crippen LogP contribution in [0, 0.1) is 0 Å². The molecule has 0 spiro atoms. The van der Waals surface area contributed by atoms with Gasteiger partial charge in [0.25, 0.3) is 0 Å². The van der Waals surface area contributed by atoms with Gasteiger partial charge in [-0.3, -0.25) is 0 Å². The summed E-state index contributed by atoms with van der Waals surface area (Å²) in [5.74, 6) is 0.549. The van der Waals surface area contributed by atoms with E-state index < -0.39 is 5.54 Å². The molecule has 1 N–H and O–H groups in total. The standard InChI is InChI=1S/C17H17NO3/c1-20-15-9-7-14(8-10-15)18-17(11-12-21-16(17)19)13-5-3-2-4-6-13/h2-10,18H,11-12H2,1H3/t17-/m0/s1. The van der Waals surface area contributed by atoms with Crippen LogP contribution in [0.3, 0.4) is 0 Å². The number of hydrogen-bond donors (Lipinski definition) is 1. The number of ether oxygens (including phenoxy) is 2. The van der Waals surface area contributed by atoms with Crippen LogP contribution in [0.5, 0.6) is 5.75 Å². The normalized spacial score (nSPS) is 20.9. The van der Waals surface area contributed by atoms with E-state index in [1.165, 1.54) is 0 Å². The van der Waals surface area contributed by atoms with E-state index in [-0.39, 0.29) is 5.97 Å². The highest BCUT2D eigenvalue weighted by atomic mass is 16.5. The Morgan fingerprint density at radius 3 is 2.38 bits per heavy atom. The molecule has 2 aromatic carbocycles. The monoisotopic (exact) mass is 283 g/mol. The first-order valence-corrected chi connectivity index (χ1v) is 6.89. The summed E-state index contributed by atoms with van der Waals surface area (Å²) in [5, 5.41) is 3.34. The minimum absolute atomic E-state index is 0.232. The highest BCUT2D eigenvalue weighted by Gasteiger charge is 2.46. The zero-order valence-corrected chi connectivity index (χ0v) is 11.8. The molecule has 3 rings (SSSR count). The molecule has 0 amide bonds. The Morgan fingerprint density at radius 2 is 1.81 bits per heavy atom. The zero-order chi connectivity index (χ0) is 14.7. The van der Waals surface area contributed by atoms with Crippen molar-refractivity contribution in [2.24, 2.45) is 0 Å². The number of carbonyl (C=O) groups excluding carboxylic acids is 1. The van der Waals surface area contributed by atoms with E-state index in [9.17, 15) is 4.79 Å². The molecule has 1 aliphatic rings. The van der Waals surface area contributed by atoms with E-state index in [2.05, 4.69) is 5.32 Å². The molecule has 0 unspecified atom stereocenters. The first-order chi connectivity index (χ1) is 10.2. The van der Waals surface area contributed by atoms with Gasteiger partial charge >= 0.3 is 5.97 Å². The molecule has 0 aromatic heterocycles. The Balaban J connectivity index is 1.95. The van der Waals surface area contributed by atoms with Crippen molar-refractivity contribution in [1.29, 1.82) is 0 Å². The first kappa shape index (κ1) is 13.5. The van der Waals surface area contributed by atoms with Gasteiger partial charge in [-0.1, -0.05) is 30.3 Å². The van der Waals surface area contributed by atoms with Crippen LogP contribution in [-0.2, 0) is 15.1 Å². The molecule has 1 atom stereocenters. The second kappa shape index (κ2) is 5.48. The SMILES string of the molecule is COc1ccc(N[C@]2(c3ccccc3)CCOC2=O)cc1. The number of nitrogens with one attached hydrogen (secondary N) is 1. The van der Waals surface area contributed by atoms with Gasteiger partial charge in [0.1, 0.15) is 5.75 Å². The second-order valence-corrected chi connectivity index (χ2v) is 5.01. The summed E-state index contributed by atoms with van der Waals surface area (Å²) >= 11 is 0. The topological polar surface area (TPSA) is 47.6 Å². The minimum Gasteiger partial charge on any atom is -0.497 e. The van der Waals surface area contributed by atoms with Crippen LogP contribution in [0.2, 0.25) is 0 Å². The van der Waals surface area contributed by atoms with E-state index in [1.54, 1.807) is 7.11 Å². The lowest BCUT2D eigenvalue weighted by Crippen LogP contribution is -2.39. The van der Waals surface area contributed by atoms with Crippen LogP contribution in [0.15, 0.2) is 54.6 Å². The summed E-state index contributed by atoms with van der Waals surface area (Å²) in [4.78, 5) is 12.3. The van der Waals surface area contributed by atoms with Crippen molar-refractivity contribution in [3.63, 3.8) is 0 Å². The lowest BCUT2D eigenvalue weighted by molar-refractivity contribution is -0.141. The predicted octanol–water partition coefficient (Wildman–Crippen LogP) is 2.95. The third-order valence-corrected chi connectivity index (χ3v) is 3.77. The number of carbonyl (C=O) groups is 1. The molecule has 4 heteroatoms. The molecule has 1 fully saturated rings. The lowest BCUT2D eigenvalue weighted by Gasteiger charge is -2.28. The highest BCUT2D eigenvalue weighted by molar-refractivity contribution is 5.88. The Bertz CT molecular complexity index is 624. The predicted molar refractivity (Wildman–Crippen MR) is 80.3 cm³/mol. The van der Waals surface area contributed by atoms with Crippen molar-refractivity contribution in [3.05, 3.63) is 60.2 Å². The fraction of sp³-hybridized carbons (Fsp3) is 0.235. The van der Waals surface area contributed by atoms with Crippen LogP contribution in [-0.4, -0.2) is 19.7 Å². The molecule has 1 heterocycles. The van der Waals surface area contributed by atoms with Crippen LogP contribution in [0.1, 0.15) is 12.0 Å². The molecule has 4 nitrogen and oxygen atoms in total. The molecule has 0 saturated carbocycles. The van der Waals surface area contributed by atoms with Gasteiger partial charge in [-0.05, 0) is 29.8 Å². The molecular weight excluding hydrogens is 266 g/mol. The van der Waals surface area contributed by atoms with Crippen molar-refractivity contribution < 1.29 is 14.3 Å². The van der Waals surface area contributed by atoms with Crippen molar-refractivity contribution in [2.45, 2.75) is 12.0 Å². The van der Waals surface area contributed by atoms with E-state index in [4.69, 9.17) is 9.47 Å². The largest absolute Gasteiger partial charge is 0.497 e. The molecule has 0 bridgehead atoms.